The van der Waals surface area contributed by atoms with Crippen molar-refractivity contribution in [3.8, 4) is 0 Å². The Morgan fingerprint density at radius 1 is 1.40 bits per heavy atom. The molecule has 1 aromatic heterocycles. The SMILES string of the molecule is Brc1cc2c(s1)CCCC2NCC1CC1. The Kier molecular flexibility index (Phi) is 2.88. The zero-order valence-corrected chi connectivity index (χ0v) is 11.2. The van der Waals surface area contributed by atoms with Gasteiger partial charge in [0.15, 0.2) is 0 Å². The van der Waals surface area contributed by atoms with Gasteiger partial charge in [-0.1, -0.05) is 0 Å². The number of hydrogen-bond donors (Lipinski definition) is 1. The minimum Gasteiger partial charge on any atom is -0.310 e. The molecule has 0 spiro atoms. The second kappa shape index (κ2) is 4.19. The molecule has 3 heteroatoms. The summed E-state index contributed by atoms with van der Waals surface area (Å²) in [6.07, 6.45) is 6.85. The van der Waals surface area contributed by atoms with Crippen LogP contribution in [-0.2, 0) is 6.42 Å². The first kappa shape index (κ1) is 10.3. The van der Waals surface area contributed by atoms with E-state index in [0.29, 0.717) is 6.04 Å². The van der Waals surface area contributed by atoms with E-state index in [2.05, 4.69) is 27.3 Å². The summed E-state index contributed by atoms with van der Waals surface area (Å²) in [6.45, 7) is 1.23. The van der Waals surface area contributed by atoms with Crippen LogP contribution in [0.3, 0.4) is 0 Å². The third-order valence-corrected chi connectivity index (χ3v) is 5.15. The molecule has 1 heterocycles. The first-order valence-corrected chi connectivity index (χ1v) is 7.45. The minimum atomic E-state index is 0.636. The Morgan fingerprint density at radius 2 is 2.27 bits per heavy atom. The highest BCUT2D eigenvalue weighted by molar-refractivity contribution is 9.11. The number of thiophene rings is 1. The summed E-state index contributed by atoms with van der Waals surface area (Å²) >= 11 is 5.52. The highest BCUT2D eigenvalue weighted by atomic mass is 79.9. The predicted octanol–water partition coefficient (Wildman–Crippen LogP) is 3.89. The maximum Gasteiger partial charge on any atom is 0.0704 e. The van der Waals surface area contributed by atoms with Crippen molar-refractivity contribution >= 4 is 27.3 Å². The van der Waals surface area contributed by atoms with E-state index in [1.165, 1.54) is 42.4 Å². The molecular weight excluding hydrogens is 270 g/mol. The molecule has 2 aliphatic rings. The van der Waals surface area contributed by atoms with Gasteiger partial charge in [0.25, 0.3) is 0 Å². The second-order valence-corrected chi connectivity index (χ2v) is 7.24. The average Bonchev–Trinajstić information content (AvgIpc) is 2.96. The molecule has 1 N–H and O–H groups in total. The van der Waals surface area contributed by atoms with Crippen LogP contribution < -0.4 is 5.32 Å². The summed E-state index contributed by atoms with van der Waals surface area (Å²) in [5, 5.41) is 3.74. The standard InChI is InChI=1S/C12H16BrNS/c13-12-6-9-10(14-7-8-4-5-8)2-1-3-11(9)15-12/h6,8,10,14H,1-5,7H2. The summed E-state index contributed by atoms with van der Waals surface area (Å²) in [5.74, 6) is 0.984. The van der Waals surface area contributed by atoms with E-state index in [4.69, 9.17) is 0 Å². The number of halogens is 1. The van der Waals surface area contributed by atoms with Gasteiger partial charge in [-0.25, -0.2) is 0 Å². The summed E-state index contributed by atoms with van der Waals surface area (Å²) in [6, 6.07) is 2.96. The van der Waals surface area contributed by atoms with Gasteiger partial charge < -0.3 is 5.32 Å². The van der Waals surface area contributed by atoms with Gasteiger partial charge in [-0.3, -0.25) is 0 Å². The second-order valence-electron chi connectivity index (χ2n) is 4.73. The first-order valence-electron chi connectivity index (χ1n) is 5.84. The van der Waals surface area contributed by atoms with Gasteiger partial charge in [0.1, 0.15) is 0 Å². The average molecular weight is 286 g/mol. The summed E-state index contributed by atoms with van der Waals surface area (Å²) in [5.41, 5.74) is 1.57. The molecule has 1 fully saturated rings. The van der Waals surface area contributed by atoms with Crippen LogP contribution in [0.15, 0.2) is 9.85 Å². The van der Waals surface area contributed by atoms with Crippen molar-refractivity contribution in [2.24, 2.45) is 5.92 Å². The fourth-order valence-corrected chi connectivity index (χ4v) is 4.18. The zero-order valence-electron chi connectivity index (χ0n) is 8.76. The third kappa shape index (κ3) is 2.29. The van der Waals surface area contributed by atoms with Crippen LogP contribution in [0.1, 0.15) is 42.2 Å². The molecule has 0 radical (unpaired) electrons. The number of hydrogen-bond acceptors (Lipinski definition) is 2. The van der Waals surface area contributed by atoms with Crippen molar-refractivity contribution < 1.29 is 0 Å². The maximum absolute atomic E-state index is 3.74. The van der Waals surface area contributed by atoms with Crippen molar-refractivity contribution in [3.05, 3.63) is 20.3 Å². The van der Waals surface area contributed by atoms with Gasteiger partial charge in [-0.05, 0) is 72.1 Å². The van der Waals surface area contributed by atoms with Crippen LogP contribution in [0, 0.1) is 5.92 Å². The Labute approximate surface area is 103 Å². The van der Waals surface area contributed by atoms with E-state index in [1.807, 2.05) is 11.3 Å². The molecule has 1 aromatic rings. The quantitative estimate of drug-likeness (QED) is 0.889. The van der Waals surface area contributed by atoms with Crippen molar-refractivity contribution in [3.63, 3.8) is 0 Å². The van der Waals surface area contributed by atoms with E-state index in [1.54, 1.807) is 10.4 Å². The van der Waals surface area contributed by atoms with Crippen LogP contribution in [0.2, 0.25) is 0 Å². The minimum absolute atomic E-state index is 0.636. The van der Waals surface area contributed by atoms with Crippen LogP contribution in [0.5, 0.6) is 0 Å². The van der Waals surface area contributed by atoms with Crippen LogP contribution >= 0.6 is 27.3 Å². The highest BCUT2D eigenvalue weighted by Gasteiger charge is 2.26. The van der Waals surface area contributed by atoms with Crippen molar-refractivity contribution in [1.82, 2.24) is 5.32 Å². The van der Waals surface area contributed by atoms with E-state index in [-0.39, 0.29) is 0 Å². The lowest BCUT2D eigenvalue weighted by atomic mass is 9.94. The van der Waals surface area contributed by atoms with Crippen LogP contribution in [0.25, 0.3) is 0 Å². The third-order valence-electron chi connectivity index (χ3n) is 3.43. The maximum atomic E-state index is 3.74. The highest BCUT2D eigenvalue weighted by Crippen LogP contribution is 2.38. The smallest absolute Gasteiger partial charge is 0.0704 e. The number of nitrogens with one attached hydrogen (secondary N) is 1. The van der Waals surface area contributed by atoms with Gasteiger partial charge in [-0.15, -0.1) is 11.3 Å². The fraction of sp³-hybridized carbons (Fsp3) is 0.667. The number of rotatable bonds is 3. The summed E-state index contributed by atoms with van der Waals surface area (Å²) in [7, 11) is 0. The molecule has 1 nitrogen and oxygen atoms in total. The zero-order chi connectivity index (χ0) is 10.3. The summed E-state index contributed by atoms with van der Waals surface area (Å²) in [4.78, 5) is 1.60. The van der Waals surface area contributed by atoms with E-state index >= 15 is 0 Å². The fourth-order valence-electron chi connectivity index (χ4n) is 2.36. The lowest BCUT2D eigenvalue weighted by Gasteiger charge is -2.23. The number of aryl methyl sites for hydroxylation is 1. The lowest BCUT2D eigenvalue weighted by molar-refractivity contribution is 0.454. The molecule has 1 saturated carbocycles. The van der Waals surface area contributed by atoms with Gasteiger partial charge in [0.2, 0.25) is 0 Å². The van der Waals surface area contributed by atoms with Crippen molar-refractivity contribution in [1.29, 1.82) is 0 Å². The van der Waals surface area contributed by atoms with Gasteiger partial charge in [0, 0.05) is 10.9 Å². The van der Waals surface area contributed by atoms with Gasteiger partial charge in [-0.2, -0.15) is 0 Å². The molecule has 15 heavy (non-hydrogen) atoms. The Hall–Kier alpha value is 0.140. The molecule has 0 aromatic carbocycles. The van der Waals surface area contributed by atoms with Crippen LogP contribution in [-0.4, -0.2) is 6.54 Å². The largest absolute Gasteiger partial charge is 0.310 e. The Morgan fingerprint density at radius 3 is 3.07 bits per heavy atom. The lowest BCUT2D eigenvalue weighted by Crippen LogP contribution is -2.26. The number of fused-ring (bicyclic) bond motifs is 1. The van der Waals surface area contributed by atoms with Crippen molar-refractivity contribution in [2.45, 2.75) is 38.1 Å². The predicted molar refractivity (Wildman–Crippen MR) is 68.4 cm³/mol. The van der Waals surface area contributed by atoms with E-state index in [9.17, 15) is 0 Å². The molecule has 0 aliphatic heterocycles. The van der Waals surface area contributed by atoms with Crippen LogP contribution in [0.4, 0.5) is 0 Å². The van der Waals surface area contributed by atoms with E-state index in [0.717, 1.165) is 5.92 Å². The molecule has 2 aliphatic carbocycles. The monoisotopic (exact) mass is 285 g/mol. The topological polar surface area (TPSA) is 12.0 Å². The molecule has 3 rings (SSSR count). The van der Waals surface area contributed by atoms with Gasteiger partial charge >= 0.3 is 0 Å². The molecular formula is C12H16BrNS. The summed E-state index contributed by atoms with van der Waals surface area (Å²) < 4.78 is 1.30. The van der Waals surface area contributed by atoms with Crippen molar-refractivity contribution in [2.75, 3.05) is 6.54 Å². The Balaban J connectivity index is 1.72. The van der Waals surface area contributed by atoms with Gasteiger partial charge in [0.05, 0.1) is 3.79 Å². The van der Waals surface area contributed by atoms with E-state index < -0.39 is 0 Å². The molecule has 0 bridgehead atoms. The molecule has 1 unspecified atom stereocenters. The first-order chi connectivity index (χ1) is 7.33. The molecule has 0 saturated heterocycles. The Bertz CT molecular complexity index is 357. The normalized spacial score (nSPS) is 25.3. The molecule has 0 amide bonds. The molecule has 1 atom stereocenters. The molecule has 82 valence electrons.